The molecule has 0 fully saturated rings. The smallest absolute Gasteiger partial charge is 0.123 e. The van der Waals surface area contributed by atoms with E-state index in [-0.39, 0.29) is 0 Å². The molecule has 0 aliphatic rings. The maximum absolute atomic E-state index is 5.43. The number of benzene rings is 1. The van der Waals surface area contributed by atoms with E-state index in [1.165, 1.54) is 12.0 Å². The second-order valence-electron chi connectivity index (χ2n) is 5.93. The minimum atomic E-state index is 0.312. The maximum Gasteiger partial charge on any atom is 0.123 e. The molecule has 1 aromatic carbocycles. The normalized spacial score (nSPS) is 14.3. The highest BCUT2D eigenvalue weighted by atomic mass is 16.5. The summed E-state index contributed by atoms with van der Waals surface area (Å²) in [5.74, 6) is 0.976. The molecular weight excluding hydrogens is 248 g/mol. The lowest BCUT2D eigenvalue weighted by Gasteiger charge is -2.33. The van der Waals surface area contributed by atoms with Gasteiger partial charge < -0.3 is 15.0 Å². The van der Waals surface area contributed by atoms with Gasteiger partial charge in [-0.1, -0.05) is 39.0 Å². The molecule has 0 spiro atoms. The van der Waals surface area contributed by atoms with Gasteiger partial charge in [-0.15, -0.1) is 0 Å². The highest BCUT2D eigenvalue weighted by molar-refractivity contribution is 5.33. The molecule has 0 radical (unpaired) electrons. The first-order chi connectivity index (χ1) is 9.54. The van der Waals surface area contributed by atoms with Gasteiger partial charge in [0.15, 0.2) is 0 Å². The Labute approximate surface area is 124 Å². The fourth-order valence-corrected chi connectivity index (χ4v) is 2.55. The third-order valence-corrected chi connectivity index (χ3v) is 3.94. The quantitative estimate of drug-likeness (QED) is 0.751. The molecule has 0 aromatic heterocycles. The second-order valence-corrected chi connectivity index (χ2v) is 5.93. The van der Waals surface area contributed by atoms with E-state index in [9.17, 15) is 0 Å². The molecule has 1 unspecified atom stereocenters. The molecule has 1 N–H and O–H groups in total. The topological polar surface area (TPSA) is 24.5 Å². The van der Waals surface area contributed by atoms with E-state index in [4.69, 9.17) is 4.74 Å². The number of hydrogen-bond acceptors (Lipinski definition) is 3. The minimum absolute atomic E-state index is 0.312. The van der Waals surface area contributed by atoms with Crippen LogP contribution in [0.4, 0.5) is 0 Å². The van der Waals surface area contributed by atoms with Crippen LogP contribution in [0.25, 0.3) is 0 Å². The van der Waals surface area contributed by atoms with E-state index in [0.29, 0.717) is 5.41 Å². The highest BCUT2D eigenvalue weighted by Crippen LogP contribution is 2.24. The van der Waals surface area contributed by atoms with Gasteiger partial charge in [0.05, 0.1) is 7.11 Å². The molecule has 3 nitrogen and oxygen atoms in total. The molecule has 3 heteroatoms. The first-order valence-electron chi connectivity index (χ1n) is 7.55. The first-order valence-corrected chi connectivity index (χ1v) is 7.55. The third-order valence-electron chi connectivity index (χ3n) is 3.94. The van der Waals surface area contributed by atoms with E-state index in [1.807, 2.05) is 12.1 Å². The highest BCUT2D eigenvalue weighted by Gasteiger charge is 2.23. The van der Waals surface area contributed by atoms with Crippen LogP contribution < -0.4 is 10.1 Å². The van der Waals surface area contributed by atoms with E-state index < -0.39 is 0 Å². The Bertz CT molecular complexity index is 394. The van der Waals surface area contributed by atoms with Gasteiger partial charge in [-0.2, -0.15) is 0 Å². The Morgan fingerprint density at radius 3 is 2.55 bits per heavy atom. The summed E-state index contributed by atoms with van der Waals surface area (Å²) in [4.78, 5) is 2.39. The summed E-state index contributed by atoms with van der Waals surface area (Å²) < 4.78 is 5.43. The van der Waals surface area contributed by atoms with Gasteiger partial charge in [-0.05, 0) is 31.5 Å². The van der Waals surface area contributed by atoms with Crippen LogP contribution in [0.2, 0.25) is 0 Å². The van der Waals surface area contributed by atoms with Crippen molar-refractivity contribution >= 4 is 0 Å². The van der Waals surface area contributed by atoms with Gasteiger partial charge in [0.25, 0.3) is 0 Å². The Balaban J connectivity index is 2.63. The lowest BCUT2D eigenvalue weighted by atomic mass is 9.86. The summed E-state index contributed by atoms with van der Waals surface area (Å²) >= 11 is 0. The van der Waals surface area contributed by atoms with Crippen molar-refractivity contribution in [3.05, 3.63) is 29.8 Å². The van der Waals surface area contributed by atoms with Gasteiger partial charge in [-0.3, -0.25) is 0 Å². The fourth-order valence-electron chi connectivity index (χ4n) is 2.55. The molecule has 1 rings (SSSR count). The summed E-state index contributed by atoms with van der Waals surface area (Å²) in [7, 11) is 3.92. The summed E-state index contributed by atoms with van der Waals surface area (Å²) in [5.41, 5.74) is 1.56. The van der Waals surface area contributed by atoms with Gasteiger partial charge >= 0.3 is 0 Å². The third kappa shape index (κ3) is 5.14. The van der Waals surface area contributed by atoms with E-state index in [2.05, 4.69) is 50.2 Å². The molecule has 20 heavy (non-hydrogen) atoms. The molecule has 0 bridgehead atoms. The second kappa shape index (κ2) is 8.28. The van der Waals surface area contributed by atoms with E-state index in [0.717, 1.165) is 31.9 Å². The zero-order valence-electron chi connectivity index (χ0n) is 13.7. The van der Waals surface area contributed by atoms with Crippen LogP contribution in [0.15, 0.2) is 24.3 Å². The standard InChI is InChI=1S/C17H30N2O/c1-6-17(3,13-18-7-2)14-19(4)12-15-10-8-9-11-16(15)20-5/h8-11,18H,6-7,12-14H2,1-5H3. The number of nitrogens with one attached hydrogen (secondary N) is 1. The van der Waals surface area contributed by atoms with E-state index >= 15 is 0 Å². The zero-order chi connectivity index (χ0) is 15.0. The largest absolute Gasteiger partial charge is 0.496 e. The number of para-hydroxylation sites is 1. The molecule has 1 atom stereocenters. The average molecular weight is 278 g/mol. The molecule has 0 aliphatic heterocycles. The summed E-state index contributed by atoms with van der Waals surface area (Å²) in [6.45, 7) is 10.9. The lowest BCUT2D eigenvalue weighted by molar-refractivity contribution is 0.175. The SMILES string of the molecule is CCNCC(C)(CC)CN(C)Cc1ccccc1OC. The van der Waals surface area contributed by atoms with Crippen molar-refractivity contribution in [3.8, 4) is 5.75 Å². The number of nitrogens with zero attached hydrogens (tertiary/aromatic N) is 1. The number of ether oxygens (including phenoxy) is 1. The molecule has 0 heterocycles. The molecular formula is C17H30N2O. The fraction of sp³-hybridized carbons (Fsp3) is 0.647. The number of hydrogen-bond donors (Lipinski definition) is 1. The van der Waals surface area contributed by atoms with Crippen LogP contribution in [0, 0.1) is 5.41 Å². The van der Waals surface area contributed by atoms with Crippen molar-refractivity contribution in [2.45, 2.75) is 33.7 Å². The zero-order valence-corrected chi connectivity index (χ0v) is 13.7. The summed E-state index contributed by atoms with van der Waals surface area (Å²) in [6, 6.07) is 8.26. The predicted molar refractivity (Wildman–Crippen MR) is 86.3 cm³/mol. The van der Waals surface area contributed by atoms with Crippen molar-refractivity contribution in [1.29, 1.82) is 0 Å². The lowest BCUT2D eigenvalue weighted by Crippen LogP contribution is -2.40. The van der Waals surface area contributed by atoms with Crippen LogP contribution in [-0.4, -0.2) is 38.7 Å². The summed E-state index contributed by atoms with van der Waals surface area (Å²) in [6.07, 6.45) is 1.18. The monoisotopic (exact) mass is 278 g/mol. The first kappa shape index (κ1) is 17.0. The van der Waals surface area contributed by atoms with Gasteiger partial charge in [0, 0.05) is 25.2 Å². The van der Waals surface area contributed by atoms with Crippen molar-refractivity contribution in [2.75, 3.05) is 33.8 Å². The Morgan fingerprint density at radius 1 is 1.25 bits per heavy atom. The van der Waals surface area contributed by atoms with Crippen LogP contribution in [0.3, 0.4) is 0 Å². The van der Waals surface area contributed by atoms with Crippen LogP contribution in [0.1, 0.15) is 32.8 Å². The van der Waals surface area contributed by atoms with Gasteiger partial charge in [0.2, 0.25) is 0 Å². The van der Waals surface area contributed by atoms with E-state index in [1.54, 1.807) is 7.11 Å². The van der Waals surface area contributed by atoms with Crippen molar-refractivity contribution < 1.29 is 4.74 Å². The van der Waals surface area contributed by atoms with Gasteiger partial charge in [0.1, 0.15) is 5.75 Å². The summed E-state index contributed by atoms with van der Waals surface area (Å²) in [5, 5.41) is 3.48. The van der Waals surface area contributed by atoms with Crippen LogP contribution >= 0.6 is 0 Å². The molecule has 114 valence electrons. The van der Waals surface area contributed by atoms with Gasteiger partial charge in [-0.25, -0.2) is 0 Å². The Kier molecular flexibility index (Phi) is 7.03. The number of methoxy groups -OCH3 is 1. The Hall–Kier alpha value is -1.06. The van der Waals surface area contributed by atoms with Crippen molar-refractivity contribution in [3.63, 3.8) is 0 Å². The molecule has 0 aliphatic carbocycles. The minimum Gasteiger partial charge on any atom is -0.496 e. The van der Waals surface area contributed by atoms with Crippen molar-refractivity contribution in [1.82, 2.24) is 10.2 Å². The predicted octanol–water partition coefficient (Wildman–Crippen LogP) is 3.15. The maximum atomic E-state index is 5.43. The van der Waals surface area contributed by atoms with Crippen LogP contribution in [0.5, 0.6) is 5.75 Å². The van der Waals surface area contributed by atoms with Crippen molar-refractivity contribution in [2.24, 2.45) is 5.41 Å². The Morgan fingerprint density at radius 2 is 1.95 bits per heavy atom. The molecule has 0 saturated heterocycles. The molecule has 1 aromatic rings. The van der Waals surface area contributed by atoms with Crippen LogP contribution in [-0.2, 0) is 6.54 Å². The molecule has 0 amide bonds. The number of rotatable bonds is 9. The average Bonchev–Trinajstić information content (AvgIpc) is 2.45. The molecule has 0 saturated carbocycles.